The van der Waals surface area contributed by atoms with Gasteiger partial charge in [0.1, 0.15) is 0 Å². The number of carbonyl (C=O) groups is 2. The van der Waals surface area contributed by atoms with Crippen LogP contribution < -0.4 is 5.32 Å². The van der Waals surface area contributed by atoms with E-state index in [1.165, 1.54) is 11.8 Å². The molecule has 0 aliphatic rings. The number of carbonyl (C=O) groups excluding carboxylic acids is 2. The summed E-state index contributed by atoms with van der Waals surface area (Å²) in [6.07, 6.45) is 0.794. The lowest BCUT2D eigenvalue weighted by atomic mass is 10.0. The number of hydrogen-bond acceptors (Lipinski definition) is 6. The Morgan fingerprint density at radius 1 is 1.32 bits per heavy atom. The van der Waals surface area contributed by atoms with Gasteiger partial charge in [-0.25, -0.2) is 9.78 Å². The maximum atomic E-state index is 12.3. The van der Waals surface area contributed by atoms with Crippen LogP contribution in [0.15, 0.2) is 40.1 Å². The van der Waals surface area contributed by atoms with Gasteiger partial charge in [0.05, 0.1) is 16.8 Å². The molecule has 1 amide bonds. The molecule has 1 aromatic carbocycles. The highest BCUT2D eigenvalue weighted by molar-refractivity contribution is 7.98. The molecule has 2 rings (SSSR count). The number of benzene rings is 1. The molecular formula is C18H22N2O3S2. The molecule has 0 spiro atoms. The lowest BCUT2D eigenvalue weighted by Crippen LogP contribution is -2.44. The number of thiazole rings is 1. The number of aromatic nitrogens is 1. The monoisotopic (exact) mass is 378 g/mol. The fraction of sp³-hybridized carbons (Fsp3) is 0.389. The van der Waals surface area contributed by atoms with Crippen molar-refractivity contribution in [1.29, 1.82) is 0 Å². The topological polar surface area (TPSA) is 68.3 Å². The second-order valence-electron chi connectivity index (χ2n) is 6.13. The van der Waals surface area contributed by atoms with Gasteiger partial charge >= 0.3 is 5.97 Å². The van der Waals surface area contributed by atoms with Crippen LogP contribution in [0.2, 0.25) is 0 Å². The molecule has 2 aromatic rings. The Balaban J connectivity index is 1.94. The van der Waals surface area contributed by atoms with Crippen molar-refractivity contribution in [3.05, 3.63) is 46.4 Å². The number of hydrogen-bond donors (Lipinski definition) is 1. The van der Waals surface area contributed by atoms with Crippen LogP contribution in [0.5, 0.6) is 0 Å². The maximum absolute atomic E-state index is 12.3. The van der Waals surface area contributed by atoms with E-state index in [2.05, 4.69) is 10.3 Å². The smallest absolute Gasteiger partial charge is 0.339 e. The number of rotatable bonds is 8. The summed E-state index contributed by atoms with van der Waals surface area (Å²) in [5, 5.41) is 4.82. The van der Waals surface area contributed by atoms with E-state index in [0.29, 0.717) is 11.3 Å². The molecule has 0 saturated carbocycles. The van der Waals surface area contributed by atoms with Crippen molar-refractivity contribution in [2.45, 2.75) is 43.4 Å². The van der Waals surface area contributed by atoms with E-state index >= 15 is 0 Å². The highest BCUT2D eigenvalue weighted by atomic mass is 32.2. The van der Waals surface area contributed by atoms with E-state index in [-0.39, 0.29) is 18.1 Å². The zero-order valence-electron chi connectivity index (χ0n) is 14.6. The Hall–Kier alpha value is -1.86. The molecule has 0 unspecified atom stereocenters. The molecule has 1 N–H and O–H groups in total. The van der Waals surface area contributed by atoms with E-state index in [4.69, 9.17) is 4.74 Å². The third-order valence-electron chi connectivity index (χ3n) is 3.66. The van der Waals surface area contributed by atoms with Crippen LogP contribution in [-0.2, 0) is 15.3 Å². The third kappa shape index (κ3) is 6.17. The van der Waals surface area contributed by atoms with Crippen molar-refractivity contribution >= 4 is 35.0 Å². The first-order valence-corrected chi connectivity index (χ1v) is 9.91. The van der Waals surface area contributed by atoms with Gasteiger partial charge in [0.2, 0.25) is 0 Å². The molecule has 0 aliphatic carbocycles. The van der Waals surface area contributed by atoms with Crippen LogP contribution in [0.25, 0.3) is 0 Å². The van der Waals surface area contributed by atoms with Crippen LogP contribution in [0.4, 0.5) is 0 Å². The van der Waals surface area contributed by atoms with Crippen molar-refractivity contribution < 1.29 is 14.3 Å². The van der Waals surface area contributed by atoms with Gasteiger partial charge in [-0.05, 0) is 32.4 Å². The van der Waals surface area contributed by atoms with Crippen molar-refractivity contribution in [3.63, 3.8) is 0 Å². The molecule has 25 heavy (non-hydrogen) atoms. The van der Waals surface area contributed by atoms with Gasteiger partial charge in [-0.1, -0.05) is 19.1 Å². The Kier molecular flexibility index (Phi) is 7.01. The zero-order valence-corrected chi connectivity index (χ0v) is 16.2. The summed E-state index contributed by atoms with van der Waals surface area (Å²) < 4.78 is 5.18. The number of thioether (sulfide) groups is 1. The summed E-state index contributed by atoms with van der Waals surface area (Å²) >= 11 is 3.07. The molecule has 0 fully saturated rings. The first kappa shape index (κ1) is 19.5. The SMILES string of the molecule is CCC(C)(C)NC(=O)COC(=O)c1ccccc1SCc1cscn1. The van der Waals surface area contributed by atoms with Crippen LogP contribution in [0.1, 0.15) is 43.2 Å². The van der Waals surface area contributed by atoms with E-state index in [1.807, 2.05) is 38.3 Å². The average Bonchev–Trinajstić information content (AvgIpc) is 3.11. The van der Waals surface area contributed by atoms with Crippen molar-refractivity contribution in [1.82, 2.24) is 10.3 Å². The van der Waals surface area contributed by atoms with E-state index < -0.39 is 5.97 Å². The minimum atomic E-state index is -0.495. The summed E-state index contributed by atoms with van der Waals surface area (Å²) in [4.78, 5) is 29.3. The Morgan fingerprint density at radius 3 is 2.76 bits per heavy atom. The highest BCUT2D eigenvalue weighted by Gasteiger charge is 2.20. The molecule has 134 valence electrons. The second kappa shape index (κ2) is 9.01. The molecule has 0 bridgehead atoms. The molecule has 1 aromatic heterocycles. The number of amides is 1. The van der Waals surface area contributed by atoms with Crippen LogP contribution in [0, 0.1) is 0 Å². The lowest BCUT2D eigenvalue weighted by molar-refractivity contribution is -0.125. The molecule has 0 aliphatic heterocycles. The number of nitrogens with zero attached hydrogens (tertiary/aromatic N) is 1. The molecule has 0 saturated heterocycles. The van der Waals surface area contributed by atoms with Crippen molar-refractivity contribution in [2.24, 2.45) is 0 Å². The Labute approximate surface area is 156 Å². The third-order valence-corrected chi connectivity index (χ3v) is 5.40. The van der Waals surface area contributed by atoms with Gasteiger partial charge in [-0.3, -0.25) is 4.79 Å². The predicted octanol–water partition coefficient (Wildman–Crippen LogP) is 3.90. The van der Waals surface area contributed by atoms with Gasteiger partial charge in [-0.2, -0.15) is 0 Å². The Bertz CT molecular complexity index is 715. The highest BCUT2D eigenvalue weighted by Crippen LogP contribution is 2.26. The standard InChI is InChI=1S/C18H22N2O3S2/c1-4-18(2,3)20-16(21)9-23-17(22)14-7-5-6-8-15(14)25-11-13-10-24-12-19-13/h5-8,10,12H,4,9,11H2,1-3H3,(H,20,21). The lowest BCUT2D eigenvalue weighted by Gasteiger charge is -2.24. The van der Waals surface area contributed by atoms with E-state index in [0.717, 1.165) is 17.0 Å². The first-order valence-electron chi connectivity index (χ1n) is 7.98. The molecule has 5 nitrogen and oxygen atoms in total. The normalized spacial score (nSPS) is 11.2. The van der Waals surface area contributed by atoms with Gasteiger partial charge < -0.3 is 10.1 Å². The summed E-state index contributed by atoms with van der Waals surface area (Å²) in [7, 11) is 0. The largest absolute Gasteiger partial charge is 0.452 e. The second-order valence-corrected chi connectivity index (χ2v) is 7.86. The van der Waals surface area contributed by atoms with Crippen LogP contribution in [0.3, 0.4) is 0 Å². The minimum Gasteiger partial charge on any atom is -0.452 e. The predicted molar refractivity (Wildman–Crippen MR) is 101 cm³/mol. The molecule has 1 heterocycles. The molecule has 0 radical (unpaired) electrons. The van der Waals surface area contributed by atoms with Gasteiger partial charge in [0, 0.05) is 21.6 Å². The summed E-state index contributed by atoms with van der Waals surface area (Å²) in [5.41, 5.74) is 2.90. The van der Waals surface area contributed by atoms with Crippen LogP contribution in [-0.4, -0.2) is 29.0 Å². The van der Waals surface area contributed by atoms with Gasteiger partial charge in [0.15, 0.2) is 6.61 Å². The van der Waals surface area contributed by atoms with E-state index in [9.17, 15) is 9.59 Å². The fourth-order valence-electron chi connectivity index (χ4n) is 1.93. The minimum absolute atomic E-state index is 0.284. The summed E-state index contributed by atoms with van der Waals surface area (Å²) in [5.74, 6) is -0.113. The summed E-state index contributed by atoms with van der Waals surface area (Å²) in [6.45, 7) is 5.56. The first-order chi connectivity index (χ1) is 11.9. The van der Waals surface area contributed by atoms with Crippen molar-refractivity contribution in [3.8, 4) is 0 Å². The molecule has 0 atom stereocenters. The quantitative estimate of drug-likeness (QED) is 0.557. The van der Waals surface area contributed by atoms with Gasteiger partial charge in [0.25, 0.3) is 5.91 Å². The number of nitrogens with one attached hydrogen (secondary N) is 1. The molecular weight excluding hydrogens is 356 g/mol. The fourth-order valence-corrected chi connectivity index (χ4v) is 3.54. The van der Waals surface area contributed by atoms with Gasteiger partial charge in [-0.15, -0.1) is 23.1 Å². The van der Waals surface area contributed by atoms with E-state index in [1.54, 1.807) is 29.0 Å². The number of ether oxygens (including phenoxy) is 1. The van der Waals surface area contributed by atoms with Crippen LogP contribution >= 0.6 is 23.1 Å². The maximum Gasteiger partial charge on any atom is 0.339 e. The zero-order chi connectivity index (χ0) is 18.3. The summed E-state index contributed by atoms with van der Waals surface area (Å²) in [6, 6.07) is 7.23. The molecule has 7 heteroatoms. The Morgan fingerprint density at radius 2 is 2.08 bits per heavy atom. The number of esters is 1. The van der Waals surface area contributed by atoms with Crippen molar-refractivity contribution in [2.75, 3.05) is 6.61 Å². The average molecular weight is 379 g/mol.